The van der Waals surface area contributed by atoms with Crippen LogP contribution in [0.15, 0.2) is 42.5 Å². The van der Waals surface area contributed by atoms with E-state index in [1.54, 1.807) is 0 Å². The number of aryl methyl sites for hydroxylation is 2. The van der Waals surface area contributed by atoms with Gasteiger partial charge in [-0.05, 0) is 62.4 Å². The molecule has 3 heteroatoms. The summed E-state index contributed by atoms with van der Waals surface area (Å²) in [6.45, 7) is 5.96. The maximum absolute atomic E-state index is 6.01. The number of hydrogen-bond donors (Lipinski definition) is 0. The lowest BCUT2D eigenvalue weighted by Gasteiger charge is -2.12. The molecule has 1 aromatic heterocycles. The van der Waals surface area contributed by atoms with E-state index in [4.69, 9.17) is 9.72 Å². The molecular weight excluding hydrogens is 296 g/mol. The van der Waals surface area contributed by atoms with Gasteiger partial charge in [0.25, 0.3) is 0 Å². The van der Waals surface area contributed by atoms with Crippen molar-refractivity contribution in [3.05, 3.63) is 59.4 Å². The number of benzene rings is 2. The molecule has 0 N–H and O–H groups in total. The Hall–Kier alpha value is -2.29. The summed E-state index contributed by atoms with van der Waals surface area (Å²) in [5.74, 6) is 2.94. The van der Waals surface area contributed by atoms with Crippen LogP contribution in [0.25, 0.3) is 11.0 Å². The highest BCUT2D eigenvalue weighted by Crippen LogP contribution is 2.40. The van der Waals surface area contributed by atoms with Crippen molar-refractivity contribution >= 4 is 11.0 Å². The molecule has 4 rings (SSSR count). The Labute approximate surface area is 143 Å². The Bertz CT molecular complexity index is 861. The van der Waals surface area contributed by atoms with Crippen molar-refractivity contribution in [1.82, 2.24) is 9.55 Å². The summed E-state index contributed by atoms with van der Waals surface area (Å²) in [6, 6.07) is 14.7. The molecule has 0 bridgehead atoms. The Balaban J connectivity index is 1.45. The van der Waals surface area contributed by atoms with E-state index < -0.39 is 0 Å². The molecule has 1 aliphatic rings. The fourth-order valence-corrected chi connectivity index (χ4v) is 3.27. The largest absolute Gasteiger partial charge is 0.493 e. The molecule has 0 aliphatic heterocycles. The highest BCUT2D eigenvalue weighted by atomic mass is 16.5. The molecule has 1 aliphatic carbocycles. The standard InChI is InChI=1S/C21H24N2O/c1-15-7-5-10-20(16(15)2)24-14-6-13-23-19-9-4-3-8-18(19)22-21(23)17-11-12-17/h3-5,7-10,17H,6,11-14H2,1-2H3. The number of hydrogen-bond acceptors (Lipinski definition) is 2. The summed E-state index contributed by atoms with van der Waals surface area (Å²) in [5, 5.41) is 0. The van der Waals surface area contributed by atoms with E-state index in [1.807, 2.05) is 0 Å². The van der Waals surface area contributed by atoms with Gasteiger partial charge < -0.3 is 9.30 Å². The van der Waals surface area contributed by atoms with E-state index in [9.17, 15) is 0 Å². The Morgan fingerprint density at radius 3 is 2.75 bits per heavy atom. The van der Waals surface area contributed by atoms with Gasteiger partial charge in [0.05, 0.1) is 17.6 Å². The number of para-hydroxylation sites is 2. The highest BCUT2D eigenvalue weighted by Gasteiger charge is 2.29. The smallest absolute Gasteiger partial charge is 0.122 e. The summed E-state index contributed by atoms with van der Waals surface area (Å²) >= 11 is 0. The number of nitrogens with zero attached hydrogens (tertiary/aromatic N) is 2. The average Bonchev–Trinajstić information content (AvgIpc) is 3.37. The van der Waals surface area contributed by atoms with Crippen LogP contribution in [0.5, 0.6) is 5.75 Å². The third kappa shape index (κ3) is 2.91. The fourth-order valence-electron chi connectivity index (χ4n) is 3.27. The molecule has 1 saturated carbocycles. The van der Waals surface area contributed by atoms with Crippen LogP contribution in [0.1, 0.15) is 42.1 Å². The zero-order valence-corrected chi connectivity index (χ0v) is 14.5. The first kappa shape index (κ1) is 15.3. The quantitative estimate of drug-likeness (QED) is 0.598. The second kappa shape index (κ2) is 6.31. The normalized spacial score (nSPS) is 14.2. The van der Waals surface area contributed by atoms with Crippen molar-refractivity contribution in [1.29, 1.82) is 0 Å². The van der Waals surface area contributed by atoms with E-state index >= 15 is 0 Å². The Morgan fingerprint density at radius 1 is 1.08 bits per heavy atom. The van der Waals surface area contributed by atoms with Gasteiger partial charge in [0.2, 0.25) is 0 Å². The van der Waals surface area contributed by atoms with E-state index in [0.717, 1.165) is 30.8 Å². The second-order valence-electron chi connectivity index (χ2n) is 6.78. The van der Waals surface area contributed by atoms with Crippen LogP contribution in [0.3, 0.4) is 0 Å². The third-order valence-electron chi connectivity index (χ3n) is 4.97. The molecule has 0 amide bonds. The van der Waals surface area contributed by atoms with Gasteiger partial charge in [-0.15, -0.1) is 0 Å². The van der Waals surface area contributed by atoms with Gasteiger partial charge in [0.1, 0.15) is 11.6 Å². The maximum atomic E-state index is 6.01. The molecule has 2 aromatic carbocycles. The lowest BCUT2D eigenvalue weighted by atomic mass is 10.1. The summed E-state index contributed by atoms with van der Waals surface area (Å²) in [4.78, 5) is 4.86. The van der Waals surface area contributed by atoms with Crippen molar-refractivity contribution < 1.29 is 4.74 Å². The minimum absolute atomic E-state index is 0.664. The van der Waals surface area contributed by atoms with Crippen molar-refractivity contribution in [2.75, 3.05) is 6.61 Å². The Kier molecular flexibility index (Phi) is 4.01. The van der Waals surface area contributed by atoms with Gasteiger partial charge in [-0.2, -0.15) is 0 Å². The van der Waals surface area contributed by atoms with E-state index in [1.165, 1.54) is 35.3 Å². The van der Waals surface area contributed by atoms with Crippen molar-refractivity contribution in [3.63, 3.8) is 0 Å². The molecular formula is C21H24N2O. The van der Waals surface area contributed by atoms with Crippen LogP contribution in [0, 0.1) is 13.8 Å². The van der Waals surface area contributed by atoms with Crippen LogP contribution in [0.2, 0.25) is 0 Å². The van der Waals surface area contributed by atoms with Crippen LogP contribution < -0.4 is 4.74 Å². The van der Waals surface area contributed by atoms with Gasteiger partial charge in [-0.1, -0.05) is 24.3 Å². The predicted octanol–water partition coefficient (Wildman–Crippen LogP) is 5.00. The van der Waals surface area contributed by atoms with Crippen molar-refractivity contribution in [3.8, 4) is 5.75 Å². The van der Waals surface area contributed by atoms with E-state index in [0.29, 0.717) is 5.92 Å². The molecule has 0 unspecified atom stereocenters. The minimum atomic E-state index is 0.664. The van der Waals surface area contributed by atoms with Gasteiger partial charge in [0.15, 0.2) is 0 Å². The Morgan fingerprint density at radius 2 is 1.92 bits per heavy atom. The van der Waals surface area contributed by atoms with Crippen molar-refractivity contribution in [2.45, 2.75) is 45.6 Å². The maximum Gasteiger partial charge on any atom is 0.122 e. The molecule has 0 saturated heterocycles. The molecule has 3 aromatic rings. The number of fused-ring (bicyclic) bond motifs is 1. The van der Waals surface area contributed by atoms with E-state index in [2.05, 4.69) is 60.9 Å². The van der Waals surface area contributed by atoms with Gasteiger partial charge >= 0.3 is 0 Å². The summed E-state index contributed by atoms with van der Waals surface area (Å²) in [6.07, 6.45) is 3.55. The summed E-state index contributed by atoms with van der Waals surface area (Å²) in [5.41, 5.74) is 4.90. The van der Waals surface area contributed by atoms with Crippen LogP contribution in [-0.2, 0) is 6.54 Å². The zero-order chi connectivity index (χ0) is 16.5. The van der Waals surface area contributed by atoms with Crippen LogP contribution in [0.4, 0.5) is 0 Å². The van der Waals surface area contributed by atoms with Crippen LogP contribution >= 0.6 is 0 Å². The molecule has 1 fully saturated rings. The van der Waals surface area contributed by atoms with E-state index in [-0.39, 0.29) is 0 Å². The van der Waals surface area contributed by atoms with Crippen LogP contribution in [-0.4, -0.2) is 16.2 Å². The SMILES string of the molecule is Cc1cccc(OCCCn2c(C3CC3)nc3ccccc32)c1C. The lowest BCUT2D eigenvalue weighted by Crippen LogP contribution is -2.08. The topological polar surface area (TPSA) is 27.1 Å². The average molecular weight is 320 g/mol. The second-order valence-corrected chi connectivity index (χ2v) is 6.78. The highest BCUT2D eigenvalue weighted by molar-refractivity contribution is 5.76. The summed E-state index contributed by atoms with van der Waals surface area (Å²) in [7, 11) is 0. The number of imidazole rings is 1. The predicted molar refractivity (Wildman–Crippen MR) is 97.7 cm³/mol. The first-order chi connectivity index (χ1) is 11.7. The first-order valence-electron chi connectivity index (χ1n) is 8.88. The zero-order valence-electron chi connectivity index (χ0n) is 14.5. The molecule has 0 radical (unpaired) electrons. The number of aromatic nitrogens is 2. The van der Waals surface area contributed by atoms with Gasteiger partial charge in [-0.25, -0.2) is 4.98 Å². The molecule has 1 heterocycles. The third-order valence-corrected chi connectivity index (χ3v) is 4.97. The lowest BCUT2D eigenvalue weighted by molar-refractivity contribution is 0.299. The first-order valence-corrected chi connectivity index (χ1v) is 8.88. The molecule has 3 nitrogen and oxygen atoms in total. The summed E-state index contributed by atoms with van der Waals surface area (Å²) < 4.78 is 8.41. The fraction of sp³-hybridized carbons (Fsp3) is 0.381. The number of ether oxygens (including phenoxy) is 1. The van der Waals surface area contributed by atoms with Crippen molar-refractivity contribution in [2.24, 2.45) is 0 Å². The number of rotatable bonds is 6. The monoisotopic (exact) mass is 320 g/mol. The van der Waals surface area contributed by atoms with Gasteiger partial charge in [-0.3, -0.25) is 0 Å². The minimum Gasteiger partial charge on any atom is -0.493 e. The molecule has 0 atom stereocenters. The molecule has 0 spiro atoms. The molecule has 124 valence electrons. The van der Waals surface area contributed by atoms with Gasteiger partial charge in [0, 0.05) is 12.5 Å². The molecule has 24 heavy (non-hydrogen) atoms.